The van der Waals surface area contributed by atoms with Crippen molar-refractivity contribution in [1.29, 1.82) is 0 Å². The highest BCUT2D eigenvalue weighted by Gasteiger charge is 2.01. The first-order valence-corrected chi connectivity index (χ1v) is 4.38. The average molecular weight is 168 g/mol. The fourth-order valence-corrected chi connectivity index (χ4v) is 1.17. The summed E-state index contributed by atoms with van der Waals surface area (Å²) in [6.07, 6.45) is 2.05. The highest BCUT2D eigenvalue weighted by atomic mass is 16.5. The summed E-state index contributed by atoms with van der Waals surface area (Å²) in [7, 11) is 0. The maximum Gasteiger partial charge on any atom is 0.105 e. The van der Waals surface area contributed by atoms with Gasteiger partial charge in [0.05, 0.1) is 12.3 Å². The topological polar surface area (TPSA) is 27.1 Å². The van der Waals surface area contributed by atoms with E-state index >= 15 is 0 Å². The molecule has 0 aliphatic heterocycles. The SMILES string of the molecule is CCOCc1cn(CC)c(C)n1. The van der Waals surface area contributed by atoms with E-state index in [1.807, 2.05) is 20.0 Å². The molecule has 68 valence electrons. The fourth-order valence-electron chi connectivity index (χ4n) is 1.17. The van der Waals surface area contributed by atoms with E-state index in [9.17, 15) is 0 Å². The Morgan fingerprint density at radius 1 is 1.50 bits per heavy atom. The van der Waals surface area contributed by atoms with Crippen LogP contribution in [-0.2, 0) is 17.9 Å². The van der Waals surface area contributed by atoms with Gasteiger partial charge in [0.2, 0.25) is 0 Å². The maximum absolute atomic E-state index is 5.26. The van der Waals surface area contributed by atoms with Gasteiger partial charge in [0, 0.05) is 19.3 Å². The first-order chi connectivity index (χ1) is 5.77. The lowest BCUT2D eigenvalue weighted by Gasteiger charge is -1.96. The zero-order valence-corrected chi connectivity index (χ0v) is 8.00. The number of aromatic nitrogens is 2. The molecule has 0 atom stereocenters. The van der Waals surface area contributed by atoms with Crippen LogP contribution >= 0.6 is 0 Å². The van der Waals surface area contributed by atoms with Crippen LogP contribution in [0.4, 0.5) is 0 Å². The van der Waals surface area contributed by atoms with Crippen LogP contribution in [0, 0.1) is 6.92 Å². The minimum Gasteiger partial charge on any atom is -0.375 e. The van der Waals surface area contributed by atoms with Crippen LogP contribution in [-0.4, -0.2) is 16.2 Å². The van der Waals surface area contributed by atoms with Crippen LogP contribution in [0.25, 0.3) is 0 Å². The third-order valence-electron chi connectivity index (χ3n) is 1.82. The van der Waals surface area contributed by atoms with Gasteiger partial charge in [0.1, 0.15) is 5.82 Å². The number of ether oxygens (including phenoxy) is 1. The van der Waals surface area contributed by atoms with Gasteiger partial charge < -0.3 is 9.30 Å². The first kappa shape index (κ1) is 9.26. The predicted octanol–water partition coefficient (Wildman–Crippen LogP) is 1.75. The smallest absolute Gasteiger partial charge is 0.105 e. The molecule has 0 aromatic carbocycles. The van der Waals surface area contributed by atoms with Crippen LogP contribution in [0.3, 0.4) is 0 Å². The molecule has 0 saturated carbocycles. The zero-order valence-electron chi connectivity index (χ0n) is 8.00. The van der Waals surface area contributed by atoms with Crippen LogP contribution in [0.1, 0.15) is 25.4 Å². The number of aryl methyl sites for hydroxylation is 2. The molecular formula is C9H16N2O. The van der Waals surface area contributed by atoms with Gasteiger partial charge in [0.15, 0.2) is 0 Å². The highest BCUT2D eigenvalue weighted by molar-refractivity contribution is 5.01. The van der Waals surface area contributed by atoms with E-state index < -0.39 is 0 Å². The van der Waals surface area contributed by atoms with E-state index in [0.29, 0.717) is 6.61 Å². The Morgan fingerprint density at radius 2 is 2.25 bits per heavy atom. The van der Waals surface area contributed by atoms with Crippen LogP contribution in [0.2, 0.25) is 0 Å². The van der Waals surface area contributed by atoms with Crippen molar-refractivity contribution in [2.75, 3.05) is 6.61 Å². The van der Waals surface area contributed by atoms with Gasteiger partial charge in [-0.25, -0.2) is 4.98 Å². The molecule has 0 spiro atoms. The molecule has 0 aliphatic carbocycles. The number of rotatable bonds is 4. The molecule has 3 nitrogen and oxygen atoms in total. The molecule has 0 bridgehead atoms. The van der Waals surface area contributed by atoms with E-state index in [1.54, 1.807) is 0 Å². The molecule has 0 radical (unpaired) electrons. The summed E-state index contributed by atoms with van der Waals surface area (Å²) in [5, 5.41) is 0. The van der Waals surface area contributed by atoms with E-state index in [0.717, 1.165) is 24.7 Å². The van der Waals surface area contributed by atoms with Gasteiger partial charge in [-0.1, -0.05) is 0 Å². The van der Waals surface area contributed by atoms with E-state index in [4.69, 9.17) is 4.74 Å². The summed E-state index contributed by atoms with van der Waals surface area (Å²) in [4.78, 5) is 4.36. The Bertz CT molecular complexity index is 243. The van der Waals surface area contributed by atoms with Gasteiger partial charge in [-0.15, -0.1) is 0 Å². The fraction of sp³-hybridized carbons (Fsp3) is 0.667. The van der Waals surface area contributed by atoms with Crippen molar-refractivity contribution in [2.45, 2.75) is 33.9 Å². The second kappa shape index (κ2) is 4.26. The summed E-state index contributed by atoms with van der Waals surface area (Å²) in [5.74, 6) is 1.06. The molecule has 0 unspecified atom stereocenters. The predicted molar refractivity (Wildman–Crippen MR) is 48.0 cm³/mol. The molecule has 1 rings (SSSR count). The number of hydrogen-bond donors (Lipinski definition) is 0. The summed E-state index contributed by atoms with van der Waals surface area (Å²) < 4.78 is 7.38. The second-order valence-electron chi connectivity index (χ2n) is 2.70. The Labute approximate surface area is 73.4 Å². The molecule has 0 amide bonds. The normalized spacial score (nSPS) is 10.6. The monoisotopic (exact) mass is 168 g/mol. The van der Waals surface area contributed by atoms with Gasteiger partial charge in [-0.05, 0) is 20.8 Å². The lowest BCUT2D eigenvalue weighted by Crippen LogP contribution is -1.93. The highest BCUT2D eigenvalue weighted by Crippen LogP contribution is 2.03. The average Bonchev–Trinajstić information content (AvgIpc) is 2.43. The molecule has 0 fully saturated rings. The standard InChI is InChI=1S/C9H16N2O/c1-4-11-6-9(7-12-5-2)10-8(11)3/h6H,4-5,7H2,1-3H3. The third kappa shape index (κ3) is 2.08. The van der Waals surface area contributed by atoms with E-state index in [1.165, 1.54) is 0 Å². The molecule has 3 heteroatoms. The summed E-state index contributed by atoms with van der Waals surface area (Å²) in [6, 6.07) is 0. The zero-order chi connectivity index (χ0) is 8.97. The lowest BCUT2D eigenvalue weighted by molar-refractivity contribution is 0.131. The van der Waals surface area contributed by atoms with Gasteiger partial charge in [0.25, 0.3) is 0 Å². The second-order valence-corrected chi connectivity index (χ2v) is 2.70. The van der Waals surface area contributed by atoms with Crippen LogP contribution in [0.15, 0.2) is 6.20 Å². The summed E-state index contributed by atoms with van der Waals surface area (Å²) in [5.41, 5.74) is 1.02. The molecule has 0 N–H and O–H groups in total. The van der Waals surface area contributed by atoms with Crippen LogP contribution in [0.5, 0.6) is 0 Å². The van der Waals surface area contributed by atoms with Crippen molar-refractivity contribution >= 4 is 0 Å². The van der Waals surface area contributed by atoms with Crippen LogP contribution < -0.4 is 0 Å². The minimum atomic E-state index is 0.629. The molecule has 1 heterocycles. The molecule has 0 aliphatic rings. The Hall–Kier alpha value is -0.830. The molecular weight excluding hydrogens is 152 g/mol. The quantitative estimate of drug-likeness (QED) is 0.684. The lowest BCUT2D eigenvalue weighted by atomic mass is 10.5. The molecule has 12 heavy (non-hydrogen) atoms. The first-order valence-electron chi connectivity index (χ1n) is 4.38. The maximum atomic E-state index is 5.26. The third-order valence-corrected chi connectivity index (χ3v) is 1.82. The minimum absolute atomic E-state index is 0.629. The molecule has 0 saturated heterocycles. The van der Waals surface area contributed by atoms with Crippen molar-refractivity contribution in [1.82, 2.24) is 9.55 Å². The number of nitrogens with zero attached hydrogens (tertiary/aromatic N) is 2. The van der Waals surface area contributed by atoms with Gasteiger partial charge >= 0.3 is 0 Å². The van der Waals surface area contributed by atoms with Gasteiger partial charge in [-0.2, -0.15) is 0 Å². The van der Waals surface area contributed by atoms with Crippen molar-refractivity contribution in [3.63, 3.8) is 0 Å². The molecule has 1 aromatic rings. The number of hydrogen-bond acceptors (Lipinski definition) is 2. The van der Waals surface area contributed by atoms with Crippen molar-refractivity contribution in [3.05, 3.63) is 17.7 Å². The Balaban J connectivity index is 2.62. The van der Waals surface area contributed by atoms with E-state index in [2.05, 4.69) is 16.5 Å². The van der Waals surface area contributed by atoms with Crippen molar-refractivity contribution in [3.8, 4) is 0 Å². The summed E-state index contributed by atoms with van der Waals surface area (Å²) >= 11 is 0. The largest absolute Gasteiger partial charge is 0.375 e. The van der Waals surface area contributed by atoms with Crippen molar-refractivity contribution < 1.29 is 4.74 Å². The van der Waals surface area contributed by atoms with Crippen molar-refractivity contribution in [2.24, 2.45) is 0 Å². The van der Waals surface area contributed by atoms with E-state index in [-0.39, 0.29) is 0 Å². The summed E-state index contributed by atoms with van der Waals surface area (Å²) in [6.45, 7) is 8.47. The Kier molecular flexibility index (Phi) is 3.29. The number of imidazole rings is 1. The van der Waals surface area contributed by atoms with Gasteiger partial charge in [-0.3, -0.25) is 0 Å². The Morgan fingerprint density at radius 3 is 2.75 bits per heavy atom. The molecule has 1 aromatic heterocycles.